The van der Waals surface area contributed by atoms with Crippen LogP contribution in [-0.2, 0) is 0 Å². The quantitative estimate of drug-likeness (QED) is 0.860. The van der Waals surface area contributed by atoms with Crippen molar-refractivity contribution in [2.24, 2.45) is 5.73 Å². The van der Waals surface area contributed by atoms with Crippen molar-refractivity contribution in [3.8, 4) is 5.75 Å². The summed E-state index contributed by atoms with van der Waals surface area (Å²) in [4.78, 5) is 4.98. The summed E-state index contributed by atoms with van der Waals surface area (Å²) in [5.41, 5.74) is 7.30. The molecule has 1 unspecified atom stereocenters. The minimum Gasteiger partial charge on any atom is -0.494 e. The molecule has 1 atom stereocenters. The molecule has 112 valence electrons. The molecule has 0 radical (unpaired) electrons. The summed E-state index contributed by atoms with van der Waals surface area (Å²) >= 11 is 0. The lowest BCUT2D eigenvalue weighted by atomic mass is 10.0. The Morgan fingerprint density at radius 1 is 1.20 bits per heavy atom. The Morgan fingerprint density at radius 2 is 1.95 bits per heavy atom. The van der Waals surface area contributed by atoms with E-state index in [1.807, 2.05) is 13.0 Å². The average Bonchev–Trinajstić information content (AvgIpc) is 2.49. The number of hydrogen-bond donors (Lipinski definition) is 1. The normalized spacial score (nSPS) is 18.9. The standard InChI is InChI=1S/C16H27N3O/c1-3-18-8-10-19(11-9-18)16(13-17)14-6-5-7-15(12-14)20-4-2/h5-7,12,16H,3-4,8-11,13,17H2,1-2H3. The maximum atomic E-state index is 6.03. The Kier molecular flexibility index (Phi) is 5.83. The predicted molar refractivity (Wildman–Crippen MR) is 83.1 cm³/mol. The van der Waals surface area contributed by atoms with Crippen LogP contribution in [0.1, 0.15) is 25.5 Å². The van der Waals surface area contributed by atoms with E-state index >= 15 is 0 Å². The van der Waals surface area contributed by atoms with Crippen LogP contribution in [0, 0.1) is 0 Å². The number of ether oxygens (including phenoxy) is 1. The number of nitrogens with zero attached hydrogens (tertiary/aromatic N) is 2. The van der Waals surface area contributed by atoms with Crippen molar-refractivity contribution >= 4 is 0 Å². The van der Waals surface area contributed by atoms with E-state index in [1.54, 1.807) is 0 Å². The number of hydrogen-bond acceptors (Lipinski definition) is 4. The van der Waals surface area contributed by atoms with E-state index in [9.17, 15) is 0 Å². The van der Waals surface area contributed by atoms with Gasteiger partial charge in [-0.25, -0.2) is 0 Å². The molecule has 1 aliphatic heterocycles. The number of likely N-dealkylation sites (N-methyl/N-ethyl adjacent to an activating group) is 1. The van der Waals surface area contributed by atoms with E-state index in [1.165, 1.54) is 5.56 Å². The van der Waals surface area contributed by atoms with Gasteiger partial charge in [0.2, 0.25) is 0 Å². The third-order valence-electron chi connectivity index (χ3n) is 4.07. The molecule has 0 bridgehead atoms. The molecule has 1 aliphatic rings. The highest BCUT2D eigenvalue weighted by atomic mass is 16.5. The van der Waals surface area contributed by atoms with E-state index in [-0.39, 0.29) is 0 Å². The fraction of sp³-hybridized carbons (Fsp3) is 0.625. The van der Waals surface area contributed by atoms with Crippen molar-refractivity contribution < 1.29 is 4.74 Å². The van der Waals surface area contributed by atoms with Crippen molar-refractivity contribution in [1.29, 1.82) is 0 Å². The molecule has 1 aromatic rings. The average molecular weight is 277 g/mol. The molecule has 4 heteroatoms. The fourth-order valence-corrected chi connectivity index (χ4v) is 2.87. The van der Waals surface area contributed by atoms with Gasteiger partial charge >= 0.3 is 0 Å². The highest BCUT2D eigenvalue weighted by molar-refractivity contribution is 5.31. The van der Waals surface area contributed by atoms with Crippen LogP contribution in [0.4, 0.5) is 0 Å². The zero-order valence-electron chi connectivity index (χ0n) is 12.7. The third kappa shape index (κ3) is 3.72. The summed E-state index contributed by atoms with van der Waals surface area (Å²) in [6.07, 6.45) is 0. The molecule has 4 nitrogen and oxygen atoms in total. The Balaban J connectivity index is 2.06. The highest BCUT2D eigenvalue weighted by Gasteiger charge is 2.23. The van der Waals surface area contributed by atoms with Gasteiger partial charge in [0.1, 0.15) is 5.75 Å². The molecule has 1 fully saturated rings. The van der Waals surface area contributed by atoms with Crippen LogP contribution in [0.3, 0.4) is 0 Å². The summed E-state index contributed by atoms with van der Waals surface area (Å²) in [5.74, 6) is 0.940. The van der Waals surface area contributed by atoms with Gasteiger partial charge in [-0.3, -0.25) is 4.90 Å². The van der Waals surface area contributed by atoms with Crippen molar-refractivity contribution in [2.45, 2.75) is 19.9 Å². The Bertz CT molecular complexity index is 402. The second kappa shape index (κ2) is 7.62. The van der Waals surface area contributed by atoms with Gasteiger partial charge in [-0.05, 0) is 31.2 Å². The van der Waals surface area contributed by atoms with Gasteiger partial charge in [0.25, 0.3) is 0 Å². The molecule has 1 saturated heterocycles. The van der Waals surface area contributed by atoms with Crippen LogP contribution >= 0.6 is 0 Å². The van der Waals surface area contributed by atoms with Gasteiger partial charge in [0.15, 0.2) is 0 Å². The van der Waals surface area contributed by atoms with Gasteiger partial charge in [-0.15, -0.1) is 0 Å². The van der Waals surface area contributed by atoms with Gasteiger partial charge in [-0.1, -0.05) is 19.1 Å². The lowest BCUT2D eigenvalue weighted by Gasteiger charge is -2.38. The van der Waals surface area contributed by atoms with Crippen LogP contribution < -0.4 is 10.5 Å². The van der Waals surface area contributed by atoms with E-state index < -0.39 is 0 Å². The Hall–Kier alpha value is -1.10. The Morgan fingerprint density at radius 3 is 2.55 bits per heavy atom. The predicted octanol–water partition coefficient (Wildman–Crippen LogP) is 1.72. The van der Waals surface area contributed by atoms with E-state index in [0.29, 0.717) is 19.2 Å². The van der Waals surface area contributed by atoms with Crippen LogP contribution in [0.15, 0.2) is 24.3 Å². The molecule has 0 aliphatic carbocycles. The van der Waals surface area contributed by atoms with Crippen molar-refractivity contribution in [3.05, 3.63) is 29.8 Å². The largest absolute Gasteiger partial charge is 0.494 e. The van der Waals surface area contributed by atoms with Gasteiger partial charge in [0.05, 0.1) is 6.61 Å². The molecular weight excluding hydrogens is 250 g/mol. The number of piperazine rings is 1. The zero-order valence-corrected chi connectivity index (χ0v) is 12.7. The van der Waals surface area contributed by atoms with E-state index in [0.717, 1.165) is 38.5 Å². The molecule has 2 N–H and O–H groups in total. The molecule has 0 aromatic heterocycles. The topological polar surface area (TPSA) is 41.7 Å². The number of benzene rings is 1. The maximum Gasteiger partial charge on any atom is 0.119 e. The molecule has 1 heterocycles. The summed E-state index contributed by atoms with van der Waals surface area (Å²) in [7, 11) is 0. The van der Waals surface area contributed by atoms with E-state index in [2.05, 4.69) is 34.9 Å². The van der Waals surface area contributed by atoms with Crippen LogP contribution in [0.25, 0.3) is 0 Å². The minimum absolute atomic E-state index is 0.300. The first-order chi connectivity index (χ1) is 9.78. The van der Waals surface area contributed by atoms with Gasteiger partial charge in [0, 0.05) is 38.8 Å². The zero-order chi connectivity index (χ0) is 14.4. The van der Waals surface area contributed by atoms with Crippen LogP contribution in [-0.4, -0.2) is 55.7 Å². The summed E-state index contributed by atoms with van der Waals surface area (Å²) in [6.45, 7) is 11.2. The molecule has 0 amide bonds. The van der Waals surface area contributed by atoms with Gasteiger partial charge in [-0.2, -0.15) is 0 Å². The maximum absolute atomic E-state index is 6.03. The molecule has 2 rings (SSSR count). The van der Waals surface area contributed by atoms with E-state index in [4.69, 9.17) is 10.5 Å². The first kappa shape index (κ1) is 15.3. The van der Waals surface area contributed by atoms with Gasteiger partial charge < -0.3 is 15.4 Å². The highest BCUT2D eigenvalue weighted by Crippen LogP contribution is 2.24. The first-order valence-electron chi connectivity index (χ1n) is 7.67. The van der Waals surface area contributed by atoms with Crippen molar-refractivity contribution in [1.82, 2.24) is 9.80 Å². The molecule has 20 heavy (non-hydrogen) atoms. The van der Waals surface area contributed by atoms with Crippen LogP contribution in [0.5, 0.6) is 5.75 Å². The summed E-state index contributed by atoms with van der Waals surface area (Å²) < 4.78 is 5.60. The van der Waals surface area contributed by atoms with Crippen LogP contribution in [0.2, 0.25) is 0 Å². The smallest absolute Gasteiger partial charge is 0.119 e. The minimum atomic E-state index is 0.300. The summed E-state index contributed by atoms with van der Waals surface area (Å²) in [6, 6.07) is 8.66. The molecular formula is C16H27N3O. The third-order valence-corrected chi connectivity index (χ3v) is 4.07. The second-order valence-corrected chi connectivity index (χ2v) is 5.23. The SMILES string of the molecule is CCOc1cccc(C(CN)N2CCN(CC)CC2)c1. The lowest BCUT2D eigenvalue weighted by Crippen LogP contribution is -2.48. The first-order valence-corrected chi connectivity index (χ1v) is 7.67. The summed E-state index contributed by atoms with van der Waals surface area (Å²) in [5, 5.41) is 0. The van der Waals surface area contributed by atoms with Crippen molar-refractivity contribution in [2.75, 3.05) is 45.9 Å². The number of rotatable bonds is 6. The number of nitrogens with two attached hydrogens (primary N) is 1. The van der Waals surface area contributed by atoms with Crippen molar-refractivity contribution in [3.63, 3.8) is 0 Å². The molecule has 0 spiro atoms. The molecule has 1 aromatic carbocycles. The molecule has 0 saturated carbocycles. The lowest BCUT2D eigenvalue weighted by molar-refractivity contribution is 0.102. The second-order valence-electron chi connectivity index (χ2n) is 5.23. The monoisotopic (exact) mass is 277 g/mol. The Labute approximate surface area is 122 Å². The fourth-order valence-electron chi connectivity index (χ4n) is 2.87.